The summed E-state index contributed by atoms with van der Waals surface area (Å²) in [5.41, 5.74) is 1.38. The van der Waals surface area contributed by atoms with Crippen LogP contribution in [-0.2, 0) is 16.0 Å². The van der Waals surface area contributed by atoms with Crippen LogP contribution >= 0.6 is 11.3 Å². The Hall–Kier alpha value is -0.420. The monoisotopic (exact) mass is 283 g/mol. The van der Waals surface area contributed by atoms with Gasteiger partial charge in [-0.15, -0.1) is 11.3 Å². The Morgan fingerprint density at radius 1 is 1.37 bits per heavy atom. The van der Waals surface area contributed by atoms with Crippen LogP contribution in [0.5, 0.6) is 0 Å². The number of thiophene rings is 1. The van der Waals surface area contributed by atoms with Gasteiger partial charge in [0.15, 0.2) is 0 Å². The Kier molecular flexibility index (Phi) is 6.31. The van der Waals surface area contributed by atoms with Gasteiger partial charge >= 0.3 is 0 Å². The van der Waals surface area contributed by atoms with E-state index in [0.29, 0.717) is 12.2 Å². The van der Waals surface area contributed by atoms with Gasteiger partial charge < -0.3 is 14.8 Å². The fourth-order valence-electron chi connectivity index (χ4n) is 2.55. The second-order valence-corrected chi connectivity index (χ2v) is 6.22. The zero-order chi connectivity index (χ0) is 13.5. The van der Waals surface area contributed by atoms with Crippen LogP contribution in [0.4, 0.5) is 0 Å². The third-order valence-electron chi connectivity index (χ3n) is 3.80. The molecule has 1 fully saturated rings. The Balaban J connectivity index is 1.55. The van der Waals surface area contributed by atoms with Gasteiger partial charge in [-0.25, -0.2) is 0 Å². The van der Waals surface area contributed by atoms with Crippen LogP contribution in [0.25, 0.3) is 0 Å². The number of hydrogen-bond acceptors (Lipinski definition) is 4. The maximum absolute atomic E-state index is 5.93. The summed E-state index contributed by atoms with van der Waals surface area (Å²) in [6.07, 6.45) is 5.45. The molecule has 0 saturated heterocycles. The third kappa shape index (κ3) is 4.88. The molecule has 1 N–H and O–H groups in total. The van der Waals surface area contributed by atoms with Crippen LogP contribution in [-0.4, -0.2) is 32.5 Å². The van der Waals surface area contributed by atoms with E-state index in [9.17, 15) is 0 Å². The lowest BCUT2D eigenvalue weighted by Crippen LogP contribution is -2.30. The van der Waals surface area contributed by atoms with E-state index in [1.54, 1.807) is 7.11 Å². The first-order chi connectivity index (χ1) is 9.29. The van der Waals surface area contributed by atoms with Crippen LogP contribution < -0.4 is 5.32 Å². The standard InChI is InChI=1S/C15H25NO2S/c1-12-6-9-19-15(12)11-16-7-8-18-14-5-3-4-13(10-14)17-2/h6,9,13-14,16H,3-5,7-8,10-11H2,1-2H3. The summed E-state index contributed by atoms with van der Waals surface area (Å²) in [4.78, 5) is 1.43. The zero-order valence-electron chi connectivity index (χ0n) is 12.0. The van der Waals surface area contributed by atoms with Crippen molar-refractivity contribution in [3.05, 3.63) is 21.9 Å². The lowest BCUT2D eigenvalue weighted by atomic mass is 9.95. The minimum atomic E-state index is 0.393. The van der Waals surface area contributed by atoms with E-state index >= 15 is 0 Å². The molecular weight excluding hydrogens is 258 g/mol. The fraction of sp³-hybridized carbons (Fsp3) is 0.733. The summed E-state index contributed by atoms with van der Waals surface area (Å²) in [7, 11) is 1.80. The van der Waals surface area contributed by atoms with Crippen molar-refractivity contribution in [2.45, 2.75) is 51.4 Å². The van der Waals surface area contributed by atoms with Gasteiger partial charge in [0.1, 0.15) is 0 Å². The molecule has 1 aliphatic carbocycles. The molecule has 1 heterocycles. The number of hydrogen-bond donors (Lipinski definition) is 1. The third-order valence-corrected chi connectivity index (χ3v) is 4.82. The lowest BCUT2D eigenvalue weighted by Gasteiger charge is -2.28. The maximum atomic E-state index is 5.93. The SMILES string of the molecule is COC1CCCC(OCCNCc2sccc2C)C1. The molecule has 108 valence electrons. The topological polar surface area (TPSA) is 30.5 Å². The van der Waals surface area contributed by atoms with Crippen LogP contribution in [0.3, 0.4) is 0 Å². The highest BCUT2D eigenvalue weighted by Crippen LogP contribution is 2.22. The van der Waals surface area contributed by atoms with Crippen LogP contribution in [0.15, 0.2) is 11.4 Å². The van der Waals surface area contributed by atoms with Crippen molar-refractivity contribution in [1.29, 1.82) is 0 Å². The number of rotatable bonds is 7. The molecule has 1 saturated carbocycles. The molecule has 1 aromatic heterocycles. The first kappa shape index (κ1) is 15.0. The summed E-state index contributed by atoms with van der Waals surface area (Å²) in [6.45, 7) is 4.84. The molecule has 0 radical (unpaired) electrons. The van der Waals surface area contributed by atoms with E-state index in [1.165, 1.54) is 29.7 Å². The van der Waals surface area contributed by atoms with E-state index in [2.05, 4.69) is 23.7 Å². The Labute approximate surface area is 120 Å². The van der Waals surface area contributed by atoms with Crippen molar-refractivity contribution >= 4 is 11.3 Å². The number of ether oxygens (including phenoxy) is 2. The molecule has 1 aliphatic rings. The largest absolute Gasteiger partial charge is 0.381 e. The van der Waals surface area contributed by atoms with Gasteiger partial charge in [-0.2, -0.15) is 0 Å². The second kappa shape index (κ2) is 8.00. The zero-order valence-corrected chi connectivity index (χ0v) is 12.8. The van der Waals surface area contributed by atoms with Crippen molar-refractivity contribution < 1.29 is 9.47 Å². The smallest absolute Gasteiger partial charge is 0.0600 e. The van der Waals surface area contributed by atoms with Crippen molar-refractivity contribution in [2.75, 3.05) is 20.3 Å². The van der Waals surface area contributed by atoms with Crippen LogP contribution in [0.2, 0.25) is 0 Å². The molecule has 3 nitrogen and oxygen atoms in total. The van der Waals surface area contributed by atoms with Gasteiger partial charge in [0.25, 0.3) is 0 Å². The maximum Gasteiger partial charge on any atom is 0.0600 e. The van der Waals surface area contributed by atoms with E-state index < -0.39 is 0 Å². The van der Waals surface area contributed by atoms with E-state index in [4.69, 9.17) is 9.47 Å². The van der Waals surface area contributed by atoms with Gasteiger partial charge in [0.2, 0.25) is 0 Å². The Morgan fingerprint density at radius 2 is 2.21 bits per heavy atom. The molecule has 2 atom stereocenters. The molecule has 4 heteroatoms. The lowest BCUT2D eigenvalue weighted by molar-refractivity contribution is -0.0282. The van der Waals surface area contributed by atoms with E-state index in [1.807, 2.05) is 11.3 Å². The van der Waals surface area contributed by atoms with Crippen LogP contribution in [0.1, 0.15) is 36.1 Å². The summed E-state index contributed by atoms with van der Waals surface area (Å²) >= 11 is 1.82. The summed E-state index contributed by atoms with van der Waals surface area (Å²) in [5.74, 6) is 0. The summed E-state index contributed by atoms with van der Waals surface area (Å²) < 4.78 is 11.3. The Bertz CT molecular complexity index is 367. The number of aryl methyl sites for hydroxylation is 1. The van der Waals surface area contributed by atoms with Crippen molar-refractivity contribution in [3.8, 4) is 0 Å². The normalized spacial score (nSPS) is 23.7. The predicted molar refractivity (Wildman–Crippen MR) is 79.8 cm³/mol. The molecule has 1 aromatic rings. The highest BCUT2D eigenvalue weighted by Gasteiger charge is 2.21. The molecule has 0 spiro atoms. The number of nitrogens with one attached hydrogen (secondary N) is 1. The van der Waals surface area contributed by atoms with Gasteiger partial charge in [0, 0.05) is 25.1 Å². The van der Waals surface area contributed by atoms with Gasteiger partial charge in [-0.05, 0) is 49.6 Å². The Morgan fingerprint density at radius 3 is 2.95 bits per heavy atom. The molecule has 0 amide bonds. The van der Waals surface area contributed by atoms with Crippen molar-refractivity contribution in [1.82, 2.24) is 5.32 Å². The molecule has 2 rings (SSSR count). The average Bonchev–Trinajstić information content (AvgIpc) is 2.84. The van der Waals surface area contributed by atoms with E-state index in [-0.39, 0.29) is 0 Å². The highest BCUT2D eigenvalue weighted by atomic mass is 32.1. The molecule has 0 bridgehead atoms. The first-order valence-electron chi connectivity index (χ1n) is 7.17. The molecule has 0 aliphatic heterocycles. The van der Waals surface area contributed by atoms with Crippen molar-refractivity contribution in [3.63, 3.8) is 0 Å². The first-order valence-corrected chi connectivity index (χ1v) is 8.05. The molecular formula is C15H25NO2S. The quantitative estimate of drug-likeness (QED) is 0.780. The minimum absolute atomic E-state index is 0.393. The highest BCUT2D eigenvalue weighted by molar-refractivity contribution is 7.10. The minimum Gasteiger partial charge on any atom is -0.381 e. The molecule has 0 aromatic carbocycles. The molecule has 2 unspecified atom stereocenters. The summed E-state index contributed by atoms with van der Waals surface area (Å²) in [5, 5.41) is 5.60. The summed E-state index contributed by atoms with van der Waals surface area (Å²) in [6, 6.07) is 2.17. The van der Waals surface area contributed by atoms with E-state index in [0.717, 1.165) is 26.1 Å². The average molecular weight is 283 g/mol. The van der Waals surface area contributed by atoms with Gasteiger partial charge in [-0.1, -0.05) is 0 Å². The fourth-order valence-corrected chi connectivity index (χ4v) is 3.43. The predicted octanol–water partition coefficient (Wildman–Crippen LogP) is 3.12. The molecule has 19 heavy (non-hydrogen) atoms. The second-order valence-electron chi connectivity index (χ2n) is 5.22. The number of methoxy groups -OCH3 is 1. The van der Waals surface area contributed by atoms with Crippen LogP contribution in [0, 0.1) is 6.92 Å². The van der Waals surface area contributed by atoms with Gasteiger partial charge in [-0.3, -0.25) is 0 Å². The van der Waals surface area contributed by atoms with Gasteiger partial charge in [0.05, 0.1) is 18.8 Å². The van der Waals surface area contributed by atoms with Crippen molar-refractivity contribution in [2.24, 2.45) is 0 Å².